The Morgan fingerprint density at radius 2 is 1.95 bits per heavy atom. The van der Waals surface area contributed by atoms with Crippen molar-refractivity contribution in [1.29, 1.82) is 0 Å². The molecule has 0 spiro atoms. The lowest BCUT2D eigenvalue weighted by atomic mass is 10.2. The molecule has 0 radical (unpaired) electrons. The van der Waals surface area contributed by atoms with E-state index in [0.717, 1.165) is 15.9 Å². The molecule has 2 rings (SSSR count). The van der Waals surface area contributed by atoms with Crippen LogP contribution in [0.25, 0.3) is 6.08 Å². The molecule has 0 aliphatic heterocycles. The number of imidazole rings is 1. The first-order chi connectivity index (χ1) is 9.82. The summed E-state index contributed by atoms with van der Waals surface area (Å²) in [7, 11) is -3.83. The molecule has 0 amide bonds. The minimum Gasteiger partial charge on any atom is -0.259 e. The van der Waals surface area contributed by atoms with Crippen LogP contribution in [0.1, 0.15) is 18.2 Å². The number of aryl methyl sites for hydroxylation is 1. The fourth-order valence-electron chi connectivity index (χ4n) is 1.69. The third-order valence-corrected chi connectivity index (χ3v) is 4.55. The molecule has 0 aliphatic carbocycles. The highest BCUT2D eigenvalue weighted by atomic mass is 32.2. The second-order valence-corrected chi connectivity index (χ2v) is 6.29. The molecule has 0 aliphatic rings. The molecule has 110 valence electrons. The van der Waals surface area contributed by atoms with Gasteiger partial charge in [-0.1, -0.05) is 17.7 Å². The maximum absolute atomic E-state index is 12.5. The molecule has 0 bridgehead atoms. The van der Waals surface area contributed by atoms with E-state index in [-0.39, 0.29) is 16.3 Å². The molecule has 0 fully saturated rings. The average molecular weight is 307 g/mol. The van der Waals surface area contributed by atoms with Gasteiger partial charge < -0.3 is 0 Å². The molecule has 1 aromatic carbocycles. The summed E-state index contributed by atoms with van der Waals surface area (Å²) in [6, 6.07) is 6.33. The number of nitrogens with zero attached hydrogens (tertiary/aromatic N) is 3. The van der Waals surface area contributed by atoms with Crippen molar-refractivity contribution in [2.75, 3.05) is 0 Å². The van der Waals surface area contributed by atoms with E-state index in [1.165, 1.54) is 31.3 Å². The van der Waals surface area contributed by atoms with Crippen LogP contribution in [0.15, 0.2) is 47.4 Å². The van der Waals surface area contributed by atoms with Crippen LogP contribution < -0.4 is 0 Å². The third-order valence-electron chi connectivity index (χ3n) is 2.86. The third kappa shape index (κ3) is 3.00. The molecule has 0 N–H and O–H groups in total. The van der Waals surface area contributed by atoms with E-state index < -0.39 is 14.9 Å². The van der Waals surface area contributed by atoms with Crippen molar-refractivity contribution in [1.82, 2.24) is 8.96 Å². The second-order valence-electron chi connectivity index (χ2n) is 4.48. The summed E-state index contributed by atoms with van der Waals surface area (Å²) in [6.45, 7) is 3.14. The van der Waals surface area contributed by atoms with Crippen molar-refractivity contribution in [2.45, 2.75) is 18.7 Å². The molecule has 0 saturated heterocycles. The van der Waals surface area contributed by atoms with Gasteiger partial charge in [-0.25, -0.2) is 17.4 Å². The number of rotatable bonds is 4. The molecule has 1 heterocycles. The Morgan fingerprint density at radius 3 is 2.52 bits per heavy atom. The number of allylic oxidation sites excluding steroid dienone is 1. The van der Waals surface area contributed by atoms with Crippen LogP contribution in [0, 0.1) is 17.0 Å². The maximum atomic E-state index is 12.5. The van der Waals surface area contributed by atoms with Gasteiger partial charge in [0.05, 0.1) is 21.7 Å². The lowest BCUT2D eigenvalue weighted by molar-refractivity contribution is -0.422. The number of aromatic nitrogens is 2. The van der Waals surface area contributed by atoms with Gasteiger partial charge >= 0.3 is 0 Å². The second kappa shape index (κ2) is 5.49. The SMILES string of the molecule is CC(=Cc1cncn1S(=O)(=O)c1ccc(C)cc1)[N+](=O)[O-]. The smallest absolute Gasteiger partial charge is 0.259 e. The van der Waals surface area contributed by atoms with Crippen LogP contribution in [0.3, 0.4) is 0 Å². The summed E-state index contributed by atoms with van der Waals surface area (Å²) in [5, 5.41) is 10.7. The van der Waals surface area contributed by atoms with Crippen molar-refractivity contribution in [3.8, 4) is 0 Å². The van der Waals surface area contributed by atoms with Crippen molar-refractivity contribution in [3.05, 3.63) is 63.9 Å². The van der Waals surface area contributed by atoms with Crippen LogP contribution in [0.4, 0.5) is 0 Å². The molecule has 2 aromatic rings. The Balaban J connectivity index is 2.52. The van der Waals surface area contributed by atoms with E-state index in [2.05, 4.69) is 4.98 Å². The standard InChI is InChI=1S/C13H13N3O4S/c1-10-3-5-13(6-4-10)21(19,20)15-9-14-8-12(15)7-11(2)16(17)18/h3-9H,1-2H3. The summed E-state index contributed by atoms with van der Waals surface area (Å²) in [6.07, 6.45) is 3.55. The van der Waals surface area contributed by atoms with Gasteiger partial charge in [-0.05, 0) is 19.1 Å². The van der Waals surface area contributed by atoms with Gasteiger partial charge in [-0.2, -0.15) is 0 Å². The molecule has 8 heteroatoms. The molecule has 0 atom stereocenters. The zero-order valence-electron chi connectivity index (χ0n) is 11.4. The first-order valence-electron chi connectivity index (χ1n) is 5.99. The van der Waals surface area contributed by atoms with Crippen LogP contribution >= 0.6 is 0 Å². The predicted molar refractivity (Wildman–Crippen MR) is 76.6 cm³/mol. The van der Waals surface area contributed by atoms with E-state index in [0.29, 0.717) is 0 Å². The Labute approximate surface area is 121 Å². The number of hydrogen-bond donors (Lipinski definition) is 0. The topological polar surface area (TPSA) is 95.1 Å². The van der Waals surface area contributed by atoms with Crippen LogP contribution in [0.5, 0.6) is 0 Å². The highest BCUT2D eigenvalue weighted by Gasteiger charge is 2.20. The van der Waals surface area contributed by atoms with Crippen LogP contribution in [-0.2, 0) is 10.0 Å². The summed E-state index contributed by atoms with van der Waals surface area (Å²) in [5.41, 5.74) is 0.893. The number of hydrogen-bond acceptors (Lipinski definition) is 5. The van der Waals surface area contributed by atoms with E-state index in [1.54, 1.807) is 12.1 Å². The normalized spacial score (nSPS) is 12.4. The largest absolute Gasteiger partial charge is 0.269 e. The van der Waals surface area contributed by atoms with E-state index >= 15 is 0 Å². The van der Waals surface area contributed by atoms with Gasteiger partial charge in [0.2, 0.25) is 5.70 Å². The summed E-state index contributed by atoms with van der Waals surface area (Å²) in [4.78, 5) is 13.9. The maximum Gasteiger partial charge on any atom is 0.269 e. The zero-order valence-corrected chi connectivity index (χ0v) is 12.2. The highest BCUT2D eigenvalue weighted by molar-refractivity contribution is 7.90. The van der Waals surface area contributed by atoms with Crippen LogP contribution in [-0.4, -0.2) is 22.3 Å². The van der Waals surface area contributed by atoms with E-state index in [1.807, 2.05) is 6.92 Å². The molecule has 7 nitrogen and oxygen atoms in total. The van der Waals surface area contributed by atoms with Crippen LogP contribution in [0.2, 0.25) is 0 Å². The monoisotopic (exact) mass is 307 g/mol. The molecule has 1 aromatic heterocycles. The minimum absolute atomic E-state index is 0.0968. The Kier molecular flexibility index (Phi) is 3.90. The van der Waals surface area contributed by atoms with Crippen molar-refractivity contribution >= 4 is 16.1 Å². The van der Waals surface area contributed by atoms with Crippen molar-refractivity contribution in [2.24, 2.45) is 0 Å². The average Bonchev–Trinajstić information content (AvgIpc) is 2.88. The minimum atomic E-state index is -3.83. The molecule has 0 unspecified atom stereocenters. The fraction of sp³-hybridized carbons (Fsp3) is 0.154. The van der Waals surface area contributed by atoms with Crippen molar-refractivity contribution < 1.29 is 13.3 Å². The quantitative estimate of drug-likeness (QED) is 0.636. The number of nitro groups is 1. The zero-order chi connectivity index (χ0) is 15.6. The van der Waals surface area contributed by atoms with Crippen molar-refractivity contribution in [3.63, 3.8) is 0 Å². The Bertz CT molecular complexity index is 804. The lowest BCUT2D eigenvalue weighted by Gasteiger charge is -2.07. The molecular weight excluding hydrogens is 294 g/mol. The Hall–Kier alpha value is -2.48. The predicted octanol–water partition coefficient (Wildman–Crippen LogP) is 2.07. The van der Waals surface area contributed by atoms with Gasteiger partial charge in [0.1, 0.15) is 6.33 Å². The summed E-state index contributed by atoms with van der Waals surface area (Å²) >= 11 is 0. The van der Waals surface area contributed by atoms with Gasteiger partial charge in [-0.15, -0.1) is 0 Å². The first kappa shape index (κ1) is 14.9. The van der Waals surface area contributed by atoms with Gasteiger partial charge in [0, 0.05) is 13.0 Å². The Morgan fingerprint density at radius 1 is 1.33 bits per heavy atom. The summed E-state index contributed by atoms with van der Waals surface area (Å²) < 4.78 is 25.9. The van der Waals surface area contributed by atoms with Gasteiger partial charge in [0.15, 0.2) is 0 Å². The fourth-order valence-corrected chi connectivity index (χ4v) is 2.95. The van der Waals surface area contributed by atoms with E-state index in [4.69, 9.17) is 0 Å². The van der Waals surface area contributed by atoms with Gasteiger partial charge in [-0.3, -0.25) is 10.1 Å². The number of benzene rings is 1. The lowest BCUT2D eigenvalue weighted by Crippen LogP contribution is -2.13. The van der Waals surface area contributed by atoms with E-state index in [9.17, 15) is 18.5 Å². The highest BCUT2D eigenvalue weighted by Crippen LogP contribution is 2.18. The van der Waals surface area contributed by atoms with Gasteiger partial charge in [0.25, 0.3) is 10.0 Å². The molecular formula is C13H13N3O4S. The first-order valence-corrected chi connectivity index (χ1v) is 7.43. The molecule has 0 saturated carbocycles. The molecule has 21 heavy (non-hydrogen) atoms. The summed E-state index contributed by atoms with van der Waals surface area (Å²) in [5.74, 6) is 0.